The summed E-state index contributed by atoms with van der Waals surface area (Å²) < 4.78 is 7.47. The molecule has 7 nitrogen and oxygen atoms in total. The van der Waals surface area contributed by atoms with Crippen molar-refractivity contribution in [3.05, 3.63) is 42.0 Å². The van der Waals surface area contributed by atoms with E-state index in [-0.39, 0.29) is 12.5 Å². The van der Waals surface area contributed by atoms with Gasteiger partial charge in [-0.3, -0.25) is 4.79 Å². The van der Waals surface area contributed by atoms with E-state index in [4.69, 9.17) is 4.74 Å². The zero-order chi connectivity index (χ0) is 15.2. The van der Waals surface area contributed by atoms with E-state index in [9.17, 15) is 4.79 Å². The Balaban J connectivity index is 1.50. The number of benzene rings is 1. The first-order valence-electron chi connectivity index (χ1n) is 7.39. The summed E-state index contributed by atoms with van der Waals surface area (Å²) in [5.41, 5.74) is 0. The third-order valence-electron chi connectivity index (χ3n) is 3.50. The van der Waals surface area contributed by atoms with Crippen LogP contribution in [-0.4, -0.2) is 40.4 Å². The van der Waals surface area contributed by atoms with Crippen LogP contribution in [-0.2, 0) is 24.3 Å². The predicted octanol–water partition coefficient (Wildman–Crippen LogP) is 0.119. The largest absolute Gasteiger partial charge is 0.484 e. The fraction of sp³-hybridized carbons (Fsp3) is 0.400. The molecule has 0 atom stereocenters. The van der Waals surface area contributed by atoms with Crippen molar-refractivity contribution >= 4 is 5.91 Å². The Labute approximate surface area is 128 Å². The molecule has 0 saturated heterocycles. The summed E-state index contributed by atoms with van der Waals surface area (Å²) in [6.45, 7) is 2.99. The Morgan fingerprint density at radius 2 is 2.14 bits per heavy atom. The van der Waals surface area contributed by atoms with E-state index in [1.807, 2.05) is 30.3 Å². The van der Waals surface area contributed by atoms with Gasteiger partial charge in [-0.1, -0.05) is 18.2 Å². The number of carbonyl (C=O) groups is 1. The number of hydrogen-bond donors (Lipinski definition) is 2. The molecule has 3 rings (SSSR count). The lowest BCUT2D eigenvalue weighted by molar-refractivity contribution is -0.123. The van der Waals surface area contributed by atoms with Gasteiger partial charge in [0.1, 0.15) is 11.6 Å². The van der Waals surface area contributed by atoms with Gasteiger partial charge in [-0.05, 0) is 12.1 Å². The highest BCUT2D eigenvalue weighted by atomic mass is 16.5. The molecule has 7 heteroatoms. The molecule has 2 heterocycles. The summed E-state index contributed by atoms with van der Waals surface area (Å²) in [6.07, 6.45) is 0.859. The minimum absolute atomic E-state index is 0.00738. The normalized spacial score (nSPS) is 14.0. The van der Waals surface area contributed by atoms with Crippen LogP contribution in [0.3, 0.4) is 0 Å². The fourth-order valence-electron chi connectivity index (χ4n) is 2.36. The molecule has 22 heavy (non-hydrogen) atoms. The molecule has 1 aliphatic rings. The van der Waals surface area contributed by atoms with Crippen LogP contribution in [0.2, 0.25) is 0 Å². The van der Waals surface area contributed by atoms with Gasteiger partial charge in [-0.25, -0.2) is 0 Å². The van der Waals surface area contributed by atoms with Gasteiger partial charge in [0.15, 0.2) is 12.4 Å². The second-order valence-corrected chi connectivity index (χ2v) is 5.06. The van der Waals surface area contributed by atoms with Gasteiger partial charge in [0, 0.05) is 26.1 Å². The van der Waals surface area contributed by atoms with Gasteiger partial charge in [-0.15, -0.1) is 10.2 Å². The van der Waals surface area contributed by atoms with Crippen LogP contribution in [0.1, 0.15) is 11.6 Å². The van der Waals surface area contributed by atoms with Gasteiger partial charge >= 0.3 is 0 Å². The van der Waals surface area contributed by atoms with Crippen molar-refractivity contribution in [2.24, 2.45) is 0 Å². The number of nitrogens with zero attached hydrogens (tertiary/aromatic N) is 3. The SMILES string of the molecule is O=C(COc1ccccc1)NCc1nnc2n1CCNCC2. The lowest BCUT2D eigenvalue weighted by Crippen LogP contribution is -2.30. The van der Waals surface area contributed by atoms with Crippen molar-refractivity contribution in [3.8, 4) is 5.75 Å². The third-order valence-corrected chi connectivity index (χ3v) is 3.50. The summed E-state index contributed by atoms with van der Waals surface area (Å²) >= 11 is 0. The van der Waals surface area contributed by atoms with E-state index < -0.39 is 0 Å². The maximum Gasteiger partial charge on any atom is 0.258 e. The highest BCUT2D eigenvalue weighted by Crippen LogP contribution is 2.08. The molecule has 1 aromatic heterocycles. The summed E-state index contributed by atoms with van der Waals surface area (Å²) in [7, 11) is 0. The van der Waals surface area contributed by atoms with E-state index in [0.29, 0.717) is 12.3 Å². The van der Waals surface area contributed by atoms with Crippen molar-refractivity contribution in [2.45, 2.75) is 19.5 Å². The lowest BCUT2D eigenvalue weighted by Gasteiger charge is -2.09. The van der Waals surface area contributed by atoms with Crippen molar-refractivity contribution in [2.75, 3.05) is 19.7 Å². The lowest BCUT2D eigenvalue weighted by atomic mass is 10.3. The first kappa shape index (κ1) is 14.5. The maximum atomic E-state index is 11.8. The summed E-state index contributed by atoms with van der Waals surface area (Å²) in [5, 5.41) is 14.5. The van der Waals surface area contributed by atoms with E-state index in [0.717, 1.165) is 37.7 Å². The summed E-state index contributed by atoms with van der Waals surface area (Å²) in [5.74, 6) is 2.26. The van der Waals surface area contributed by atoms with Crippen LogP contribution in [0.15, 0.2) is 30.3 Å². The van der Waals surface area contributed by atoms with E-state index in [1.54, 1.807) is 0 Å². The Morgan fingerprint density at radius 3 is 3.00 bits per heavy atom. The molecule has 1 amide bonds. The van der Waals surface area contributed by atoms with Crippen molar-refractivity contribution in [1.29, 1.82) is 0 Å². The number of para-hydroxylation sites is 1. The average Bonchev–Trinajstić information content (AvgIpc) is 2.78. The Kier molecular flexibility index (Phi) is 4.65. The van der Waals surface area contributed by atoms with Crippen LogP contribution in [0, 0.1) is 0 Å². The van der Waals surface area contributed by atoms with Gasteiger partial charge < -0.3 is 19.9 Å². The molecule has 0 unspecified atom stereocenters. The predicted molar refractivity (Wildman–Crippen MR) is 80.4 cm³/mol. The quantitative estimate of drug-likeness (QED) is 0.820. The smallest absolute Gasteiger partial charge is 0.258 e. The van der Waals surface area contributed by atoms with Crippen molar-refractivity contribution in [3.63, 3.8) is 0 Å². The summed E-state index contributed by atoms with van der Waals surface area (Å²) in [6, 6.07) is 9.27. The number of aromatic nitrogens is 3. The van der Waals surface area contributed by atoms with Crippen LogP contribution in [0.5, 0.6) is 5.75 Å². The Hall–Kier alpha value is -2.41. The second-order valence-electron chi connectivity index (χ2n) is 5.06. The monoisotopic (exact) mass is 301 g/mol. The number of nitrogens with one attached hydrogen (secondary N) is 2. The maximum absolute atomic E-state index is 11.8. The minimum Gasteiger partial charge on any atom is -0.484 e. The zero-order valence-corrected chi connectivity index (χ0v) is 12.3. The molecule has 2 N–H and O–H groups in total. The molecule has 1 aromatic carbocycles. The van der Waals surface area contributed by atoms with Crippen molar-refractivity contribution in [1.82, 2.24) is 25.4 Å². The number of ether oxygens (including phenoxy) is 1. The first-order chi connectivity index (χ1) is 10.8. The zero-order valence-electron chi connectivity index (χ0n) is 12.3. The van der Waals surface area contributed by atoms with Gasteiger partial charge in [0.25, 0.3) is 5.91 Å². The first-order valence-corrected chi connectivity index (χ1v) is 7.39. The number of rotatable bonds is 5. The standard InChI is InChI=1S/C15H19N5O2/c21-15(11-22-12-4-2-1-3-5-12)17-10-14-19-18-13-6-7-16-8-9-20(13)14/h1-5,16H,6-11H2,(H,17,21). The second kappa shape index (κ2) is 7.04. The molecule has 0 radical (unpaired) electrons. The van der Waals surface area contributed by atoms with E-state index in [1.165, 1.54) is 0 Å². The number of carbonyl (C=O) groups excluding carboxylic acids is 1. The van der Waals surface area contributed by atoms with E-state index >= 15 is 0 Å². The van der Waals surface area contributed by atoms with Gasteiger partial charge in [0.05, 0.1) is 6.54 Å². The molecular weight excluding hydrogens is 282 g/mol. The molecule has 0 bridgehead atoms. The highest BCUT2D eigenvalue weighted by molar-refractivity contribution is 5.77. The molecule has 116 valence electrons. The van der Waals surface area contributed by atoms with Crippen LogP contribution < -0.4 is 15.4 Å². The molecule has 2 aromatic rings. The fourth-order valence-corrected chi connectivity index (χ4v) is 2.36. The minimum atomic E-state index is -0.173. The average molecular weight is 301 g/mol. The Bertz CT molecular complexity index is 626. The molecule has 1 aliphatic heterocycles. The van der Waals surface area contributed by atoms with E-state index in [2.05, 4.69) is 25.4 Å². The number of hydrogen-bond acceptors (Lipinski definition) is 5. The van der Waals surface area contributed by atoms with Gasteiger partial charge in [-0.2, -0.15) is 0 Å². The Morgan fingerprint density at radius 1 is 1.27 bits per heavy atom. The molecule has 0 aliphatic carbocycles. The van der Waals surface area contributed by atoms with Crippen molar-refractivity contribution < 1.29 is 9.53 Å². The summed E-state index contributed by atoms with van der Waals surface area (Å²) in [4.78, 5) is 11.8. The topological polar surface area (TPSA) is 81.1 Å². The highest BCUT2D eigenvalue weighted by Gasteiger charge is 2.14. The molecular formula is C15H19N5O2. The molecule has 0 fully saturated rings. The third kappa shape index (κ3) is 3.62. The van der Waals surface area contributed by atoms with Crippen LogP contribution in [0.4, 0.5) is 0 Å². The van der Waals surface area contributed by atoms with Gasteiger partial charge in [0.2, 0.25) is 0 Å². The van der Waals surface area contributed by atoms with Crippen LogP contribution >= 0.6 is 0 Å². The van der Waals surface area contributed by atoms with Crippen LogP contribution in [0.25, 0.3) is 0 Å². The molecule has 0 saturated carbocycles. The number of amides is 1. The number of fused-ring (bicyclic) bond motifs is 1. The molecule has 0 spiro atoms.